The van der Waals surface area contributed by atoms with E-state index in [1.165, 1.54) is 20.2 Å². The molecule has 0 unspecified atom stereocenters. The Morgan fingerprint density at radius 2 is 1.86 bits per heavy atom. The fourth-order valence-electron chi connectivity index (χ4n) is 2.70. The highest BCUT2D eigenvalue weighted by Gasteiger charge is 2.22. The number of amides is 1. The minimum absolute atomic E-state index is 0.0428. The molecule has 0 atom stereocenters. The van der Waals surface area contributed by atoms with Crippen LogP contribution in [0.5, 0.6) is 0 Å². The van der Waals surface area contributed by atoms with Gasteiger partial charge in [-0.2, -0.15) is 0 Å². The summed E-state index contributed by atoms with van der Waals surface area (Å²) in [5.41, 5.74) is 1.96. The largest absolute Gasteiger partial charge is 0.331 e. The first kappa shape index (κ1) is 21.2. The quantitative estimate of drug-likeness (QED) is 0.589. The summed E-state index contributed by atoms with van der Waals surface area (Å²) < 4.78 is 28.4. The Labute approximate surface area is 178 Å². The van der Waals surface area contributed by atoms with Crippen molar-refractivity contribution in [3.63, 3.8) is 0 Å². The molecule has 0 aliphatic rings. The van der Waals surface area contributed by atoms with Gasteiger partial charge in [-0.3, -0.25) is 4.79 Å². The van der Waals surface area contributed by atoms with E-state index >= 15 is 0 Å². The van der Waals surface area contributed by atoms with Gasteiger partial charge in [-0.1, -0.05) is 12.1 Å². The second kappa shape index (κ2) is 8.48. The van der Waals surface area contributed by atoms with Crippen LogP contribution in [0.25, 0.3) is 0 Å². The van der Waals surface area contributed by atoms with Gasteiger partial charge >= 0.3 is 0 Å². The second-order valence-electron chi connectivity index (χ2n) is 6.69. The zero-order valence-corrected chi connectivity index (χ0v) is 18.7. The number of nitrogens with zero attached hydrogens (tertiary/aromatic N) is 3. The van der Waals surface area contributed by atoms with Gasteiger partial charge in [0.05, 0.1) is 4.90 Å². The van der Waals surface area contributed by atoms with Crippen molar-refractivity contribution in [2.75, 3.05) is 19.4 Å². The van der Waals surface area contributed by atoms with Gasteiger partial charge in [-0.15, -0.1) is 0 Å². The van der Waals surface area contributed by atoms with Gasteiger partial charge in [0.2, 0.25) is 10.0 Å². The van der Waals surface area contributed by atoms with Crippen molar-refractivity contribution in [3.05, 3.63) is 76.3 Å². The van der Waals surface area contributed by atoms with Crippen LogP contribution in [-0.2, 0) is 16.6 Å². The molecule has 0 aliphatic carbocycles. The highest BCUT2D eigenvalue weighted by atomic mass is 79.9. The molecule has 9 heteroatoms. The number of aromatic nitrogens is 2. The number of rotatable bonds is 6. The van der Waals surface area contributed by atoms with Gasteiger partial charge < -0.3 is 9.88 Å². The fraction of sp³-hybridized carbons (Fsp3) is 0.200. The van der Waals surface area contributed by atoms with E-state index < -0.39 is 10.0 Å². The first-order valence-electron chi connectivity index (χ1n) is 8.78. The van der Waals surface area contributed by atoms with Gasteiger partial charge in [0.1, 0.15) is 5.82 Å². The maximum Gasteiger partial charge on any atom is 0.255 e. The molecule has 0 fully saturated rings. The lowest BCUT2D eigenvalue weighted by atomic mass is 10.1. The zero-order chi connectivity index (χ0) is 21.2. The summed E-state index contributed by atoms with van der Waals surface area (Å²) in [6.07, 6.45) is 3.67. The number of anilines is 1. The molecule has 1 heterocycles. The Balaban J connectivity index is 1.76. The van der Waals surface area contributed by atoms with Crippen molar-refractivity contribution >= 4 is 37.5 Å². The van der Waals surface area contributed by atoms with E-state index in [1.807, 2.05) is 42.0 Å². The molecule has 29 heavy (non-hydrogen) atoms. The van der Waals surface area contributed by atoms with E-state index in [2.05, 4.69) is 26.2 Å². The summed E-state index contributed by atoms with van der Waals surface area (Å²) in [5.74, 6) is 0.548. The van der Waals surface area contributed by atoms with Crippen molar-refractivity contribution in [2.24, 2.45) is 0 Å². The SMILES string of the molecule is Cc1nccn1Cc1ccc(NC(=O)c2ccc(Br)c(S(=O)(=O)N(C)C)c2)cc1. The predicted octanol–water partition coefficient (Wildman–Crippen LogP) is 3.50. The van der Waals surface area contributed by atoms with Crippen molar-refractivity contribution in [1.82, 2.24) is 13.9 Å². The predicted molar refractivity (Wildman–Crippen MR) is 115 cm³/mol. The van der Waals surface area contributed by atoms with E-state index in [4.69, 9.17) is 0 Å². The molecule has 2 aromatic carbocycles. The van der Waals surface area contributed by atoms with Crippen LogP contribution in [0.3, 0.4) is 0 Å². The summed E-state index contributed by atoms with van der Waals surface area (Å²) in [6.45, 7) is 2.64. The average Bonchev–Trinajstić information content (AvgIpc) is 3.08. The first-order chi connectivity index (χ1) is 13.7. The summed E-state index contributed by atoms with van der Waals surface area (Å²) in [5, 5.41) is 2.80. The molecule has 1 N–H and O–H groups in total. The number of halogens is 1. The van der Waals surface area contributed by atoms with Crippen LogP contribution in [0, 0.1) is 6.92 Å². The molecule has 1 amide bonds. The Kier molecular flexibility index (Phi) is 6.21. The van der Waals surface area contributed by atoms with Crippen LogP contribution < -0.4 is 5.32 Å². The van der Waals surface area contributed by atoms with Crippen molar-refractivity contribution in [3.8, 4) is 0 Å². The van der Waals surface area contributed by atoms with Crippen molar-refractivity contribution in [1.29, 1.82) is 0 Å². The number of imidazole rings is 1. The minimum Gasteiger partial charge on any atom is -0.331 e. The third kappa shape index (κ3) is 4.75. The molecule has 0 aliphatic heterocycles. The van der Waals surface area contributed by atoms with Crippen LogP contribution >= 0.6 is 15.9 Å². The summed E-state index contributed by atoms with van der Waals surface area (Å²) in [7, 11) is -0.780. The van der Waals surface area contributed by atoms with Gasteiger partial charge in [0.15, 0.2) is 0 Å². The van der Waals surface area contributed by atoms with E-state index in [0.717, 1.165) is 15.7 Å². The van der Waals surface area contributed by atoms with Crippen LogP contribution in [0.15, 0.2) is 64.2 Å². The molecule has 0 saturated carbocycles. The minimum atomic E-state index is -3.67. The first-order valence-corrected chi connectivity index (χ1v) is 11.0. The Hall–Kier alpha value is -2.49. The summed E-state index contributed by atoms with van der Waals surface area (Å²) in [6, 6.07) is 12.0. The highest BCUT2D eigenvalue weighted by molar-refractivity contribution is 9.10. The molecule has 0 spiro atoms. The highest BCUT2D eigenvalue weighted by Crippen LogP contribution is 2.25. The lowest BCUT2D eigenvalue weighted by Crippen LogP contribution is -2.23. The molecule has 3 aromatic rings. The lowest BCUT2D eigenvalue weighted by molar-refractivity contribution is 0.102. The molecular formula is C20H21BrN4O3S. The van der Waals surface area contributed by atoms with E-state index in [9.17, 15) is 13.2 Å². The van der Waals surface area contributed by atoms with E-state index in [-0.39, 0.29) is 16.4 Å². The number of carbonyl (C=O) groups is 1. The topological polar surface area (TPSA) is 84.3 Å². The normalized spacial score (nSPS) is 11.6. The molecule has 0 radical (unpaired) electrons. The standard InChI is InChI=1S/C20H21BrN4O3S/c1-14-22-10-11-25(14)13-15-4-7-17(8-5-15)23-20(26)16-6-9-18(21)19(12-16)29(27,28)24(2)3/h4-12H,13H2,1-3H3,(H,23,26). The Bertz CT molecular complexity index is 1140. The fourth-order valence-corrected chi connectivity index (χ4v) is 4.55. The van der Waals surface area contributed by atoms with Crippen molar-refractivity contribution < 1.29 is 13.2 Å². The molecule has 152 valence electrons. The molecule has 0 bridgehead atoms. The number of nitrogens with one attached hydrogen (secondary N) is 1. The van der Waals surface area contributed by atoms with Gasteiger partial charge in [-0.05, 0) is 58.7 Å². The molecule has 0 saturated heterocycles. The number of hydrogen-bond donors (Lipinski definition) is 1. The maximum atomic E-state index is 12.6. The maximum absolute atomic E-state index is 12.6. The third-order valence-electron chi connectivity index (χ3n) is 4.44. The number of hydrogen-bond acceptors (Lipinski definition) is 4. The zero-order valence-electron chi connectivity index (χ0n) is 16.3. The second-order valence-corrected chi connectivity index (χ2v) is 9.66. The monoisotopic (exact) mass is 476 g/mol. The van der Waals surface area contributed by atoms with E-state index in [1.54, 1.807) is 18.3 Å². The Morgan fingerprint density at radius 1 is 1.17 bits per heavy atom. The van der Waals surface area contributed by atoms with Crippen molar-refractivity contribution in [2.45, 2.75) is 18.4 Å². The third-order valence-corrected chi connectivity index (χ3v) is 7.25. The van der Waals surface area contributed by atoms with E-state index in [0.29, 0.717) is 16.7 Å². The summed E-state index contributed by atoms with van der Waals surface area (Å²) >= 11 is 3.24. The average molecular weight is 477 g/mol. The molecule has 1 aromatic heterocycles. The van der Waals surface area contributed by atoms with Gasteiger partial charge in [-0.25, -0.2) is 17.7 Å². The summed E-state index contributed by atoms with van der Waals surface area (Å²) in [4.78, 5) is 16.9. The molecule has 7 nitrogen and oxygen atoms in total. The number of benzene rings is 2. The number of sulfonamides is 1. The van der Waals surface area contributed by atoms with Crippen LogP contribution in [0.1, 0.15) is 21.7 Å². The van der Waals surface area contributed by atoms with Gasteiger partial charge in [0.25, 0.3) is 5.91 Å². The van der Waals surface area contributed by atoms with Crippen LogP contribution in [0.2, 0.25) is 0 Å². The lowest BCUT2D eigenvalue weighted by Gasteiger charge is -2.14. The molecular weight excluding hydrogens is 456 g/mol. The Morgan fingerprint density at radius 3 is 2.45 bits per heavy atom. The van der Waals surface area contributed by atoms with Crippen LogP contribution in [0.4, 0.5) is 5.69 Å². The smallest absolute Gasteiger partial charge is 0.255 e. The number of aryl methyl sites for hydroxylation is 1. The number of carbonyl (C=O) groups excluding carboxylic acids is 1. The molecule has 3 rings (SSSR count). The van der Waals surface area contributed by atoms with Gasteiger partial charge in [0, 0.05) is 48.8 Å². The van der Waals surface area contributed by atoms with Crippen LogP contribution in [-0.4, -0.2) is 42.3 Å².